The van der Waals surface area contributed by atoms with E-state index in [2.05, 4.69) is 0 Å². The summed E-state index contributed by atoms with van der Waals surface area (Å²) >= 11 is 0. The molecule has 0 amide bonds. The average Bonchev–Trinajstić information content (AvgIpc) is 2.44. The van der Waals surface area contributed by atoms with Crippen molar-refractivity contribution in [3.63, 3.8) is 0 Å². The van der Waals surface area contributed by atoms with E-state index in [0.717, 1.165) is 6.61 Å². The third-order valence-corrected chi connectivity index (χ3v) is 2.33. The first kappa shape index (κ1) is 5.69. The molecule has 0 spiro atoms. The summed E-state index contributed by atoms with van der Waals surface area (Å²) in [7, 11) is 0. The number of rotatable bonds is 1. The molecule has 0 unspecified atom stereocenters. The number of hydrogen-bond donors (Lipinski definition) is 1. The molecule has 2 N–H and O–H groups in total. The second kappa shape index (κ2) is 1.96. The van der Waals surface area contributed by atoms with Gasteiger partial charge in [-0.25, -0.2) is 0 Å². The highest BCUT2D eigenvalue weighted by Gasteiger charge is 2.41. The van der Waals surface area contributed by atoms with Gasteiger partial charge in [0.25, 0.3) is 0 Å². The normalized spacial score (nSPS) is 49.7. The van der Waals surface area contributed by atoms with E-state index in [1.807, 2.05) is 0 Å². The van der Waals surface area contributed by atoms with Crippen LogP contribution in [0.25, 0.3) is 0 Å². The molecule has 1 saturated carbocycles. The van der Waals surface area contributed by atoms with Crippen LogP contribution in [0.4, 0.5) is 0 Å². The van der Waals surface area contributed by atoms with Gasteiger partial charge in [0.15, 0.2) is 0 Å². The van der Waals surface area contributed by atoms with E-state index in [0.29, 0.717) is 18.1 Å². The summed E-state index contributed by atoms with van der Waals surface area (Å²) in [6.45, 7) is 0.966. The van der Waals surface area contributed by atoms with Gasteiger partial charge in [0.05, 0.1) is 6.10 Å². The lowest BCUT2D eigenvalue weighted by Gasteiger charge is -2.05. The van der Waals surface area contributed by atoms with Gasteiger partial charge < -0.3 is 10.5 Å². The first-order valence-corrected chi connectivity index (χ1v) is 3.75. The van der Waals surface area contributed by atoms with Crippen LogP contribution in [0, 0.1) is 5.92 Å². The summed E-state index contributed by atoms with van der Waals surface area (Å²) in [4.78, 5) is 0. The summed E-state index contributed by atoms with van der Waals surface area (Å²) in [5.41, 5.74) is 5.67. The second-order valence-corrected chi connectivity index (χ2v) is 3.11. The fourth-order valence-electron chi connectivity index (χ4n) is 1.60. The van der Waals surface area contributed by atoms with Crippen molar-refractivity contribution < 1.29 is 4.74 Å². The van der Waals surface area contributed by atoms with Crippen molar-refractivity contribution in [3.05, 3.63) is 0 Å². The van der Waals surface area contributed by atoms with Crippen molar-refractivity contribution in [2.45, 2.75) is 31.4 Å². The van der Waals surface area contributed by atoms with Crippen molar-refractivity contribution in [1.82, 2.24) is 0 Å². The third-order valence-electron chi connectivity index (χ3n) is 2.33. The first-order valence-electron chi connectivity index (χ1n) is 3.75. The van der Waals surface area contributed by atoms with Crippen molar-refractivity contribution in [2.75, 3.05) is 6.61 Å². The van der Waals surface area contributed by atoms with Gasteiger partial charge in [-0.3, -0.25) is 0 Å². The molecular formula is C7H13NO. The highest BCUT2D eigenvalue weighted by atomic mass is 16.5. The van der Waals surface area contributed by atoms with Crippen LogP contribution in [0.1, 0.15) is 19.3 Å². The SMILES string of the molecule is N[C@H]1C[C@@H]1[C@H]1CCCO1. The van der Waals surface area contributed by atoms with Crippen LogP contribution >= 0.6 is 0 Å². The van der Waals surface area contributed by atoms with Crippen LogP contribution in [0.2, 0.25) is 0 Å². The van der Waals surface area contributed by atoms with E-state index in [9.17, 15) is 0 Å². The lowest BCUT2D eigenvalue weighted by molar-refractivity contribution is 0.0927. The van der Waals surface area contributed by atoms with Gasteiger partial charge >= 0.3 is 0 Å². The summed E-state index contributed by atoms with van der Waals surface area (Å²) < 4.78 is 5.47. The zero-order valence-corrected chi connectivity index (χ0v) is 5.55. The summed E-state index contributed by atoms with van der Waals surface area (Å²) in [5.74, 6) is 0.715. The fourth-order valence-corrected chi connectivity index (χ4v) is 1.60. The molecule has 1 aliphatic heterocycles. The molecule has 0 bridgehead atoms. The molecule has 2 aliphatic rings. The largest absolute Gasteiger partial charge is 0.378 e. The Morgan fingerprint density at radius 3 is 2.67 bits per heavy atom. The maximum absolute atomic E-state index is 5.67. The van der Waals surface area contributed by atoms with Crippen LogP contribution in [-0.2, 0) is 4.74 Å². The quantitative estimate of drug-likeness (QED) is 0.557. The summed E-state index contributed by atoms with van der Waals surface area (Å²) in [6, 6.07) is 0.466. The lowest BCUT2D eigenvalue weighted by atomic mass is 10.1. The van der Waals surface area contributed by atoms with Gasteiger partial charge in [0.1, 0.15) is 0 Å². The Hall–Kier alpha value is -0.0800. The molecule has 0 aromatic carbocycles. The number of ether oxygens (including phenoxy) is 1. The Bertz CT molecular complexity index is 109. The van der Waals surface area contributed by atoms with Gasteiger partial charge in [-0.05, 0) is 19.3 Å². The predicted octanol–water partition coefficient (Wildman–Crippen LogP) is 0.513. The molecule has 1 aliphatic carbocycles. The second-order valence-electron chi connectivity index (χ2n) is 3.11. The van der Waals surface area contributed by atoms with Crippen molar-refractivity contribution in [1.29, 1.82) is 0 Å². The predicted molar refractivity (Wildman–Crippen MR) is 35.1 cm³/mol. The van der Waals surface area contributed by atoms with E-state index in [-0.39, 0.29) is 0 Å². The zero-order valence-electron chi connectivity index (χ0n) is 5.55. The van der Waals surface area contributed by atoms with Gasteiger partial charge in [-0.15, -0.1) is 0 Å². The molecule has 0 aromatic rings. The minimum Gasteiger partial charge on any atom is -0.378 e. The Labute approximate surface area is 55.4 Å². The van der Waals surface area contributed by atoms with E-state index in [4.69, 9.17) is 10.5 Å². The van der Waals surface area contributed by atoms with E-state index < -0.39 is 0 Å². The van der Waals surface area contributed by atoms with Crippen molar-refractivity contribution >= 4 is 0 Å². The Balaban J connectivity index is 1.85. The minimum absolute atomic E-state index is 0.466. The van der Waals surface area contributed by atoms with Crippen LogP contribution < -0.4 is 5.73 Å². The third kappa shape index (κ3) is 0.970. The highest BCUT2D eigenvalue weighted by Crippen LogP contribution is 2.37. The molecule has 1 saturated heterocycles. The Kier molecular flexibility index (Phi) is 1.24. The highest BCUT2D eigenvalue weighted by molar-refractivity contribution is 4.96. The monoisotopic (exact) mass is 127 g/mol. The molecule has 1 heterocycles. The van der Waals surface area contributed by atoms with Crippen LogP contribution in [0.5, 0.6) is 0 Å². The smallest absolute Gasteiger partial charge is 0.0619 e. The molecule has 3 atom stereocenters. The molecule has 2 nitrogen and oxygen atoms in total. The molecule has 52 valence electrons. The van der Waals surface area contributed by atoms with E-state index in [1.54, 1.807) is 0 Å². The average molecular weight is 127 g/mol. The van der Waals surface area contributed by atoms with Gasteiger partial charge in [0.2, 0.25) is 0 Å². The van der Waals surface area contributed by atoms with E-state index in [1.165, 1.54) is 19.3 Å². The fraction of sp³-hybridized carbons (Fsp3) is 1.00. The standard InChI is InChI=1S/C7H13NO/c8-6-4-5(6)7-2-1-3-9-7/h5-7H,1-4,8H2/t5-,6-,7+/m0/s1. The Morgan fingerprint density at radius 1 is 1.44 bits per heavy atom. The molecule has 2 heteroatoms. The van der Waals surface area contributed by atoms with Crippen molar-refractivity contribution in [2.24, 2.45) is 11.7 Å². The molecular weight excluding hydrogens is 114 g/mol. The molecule has 0 radical (unpaired) electrons. The molecule has 0 aromatic heterocycles. The topological polar surface area (TPSA) is 35.2 Å². The van der Waals surface area contributed by atoms with Crippen LogP contribution in [0.15, 0.2) is 0 Å². The Morgan fingerprint density at radius 2 is 2.22 bits per heavy atom. The number of nitrogens with two attached hydrogens (primary N) is 1. The zero-order chi connectivity index (χ0) is 6.27. The van der Waals surface area contributed by atoms with Gasteiger partial charge in [-0.2, -0.15) is 0 Å². The number of hydrogen-bond acceptors (Lipinski definition) is 2. The van der Waals surface area contributed by atoms with Gasteiger partial charge in [0, 0.05) is 18.6 Å². The van der Waals surface area contributed by atoms with Crippen LogP contribution in [0.3, 0.4) is 0 Å². The molecule has 2 fully saturated rings. The summed E-state index contributed by atoms with van der Waals surface area (Å²) in [5, 5.41) is 0. The van der Waals surface area contributed by atoms with Gasteiger partial charge in [-0.1, -0.05) is 0 Å². The maximum atomic E-state index is 5.67. The first-order chi connectivity index (χ1) is 4.38. The molecule has 2 rings (SSSR count). The summed E-state index contributed by atoms with van der Waals surface area (Å²) in [6.07, 6.45) is 4.22. The minimum atomic E-state index is 0.466. The maximum Gasteiger partial charge on any atom is 0.0619 e. The van der Waals surface area contributed by atoms with E-state index >= 15 is 0 Å². The van der Waals surface area contributed by atoms with Crippen LogP contribution in [-0.4, -0.2) is 18.8 Å². The lowest BCUT2D eigenvalue weighted by Crippen LogP contribution is -2.14. The molecule has 9 heavy (non-hydrogen) atoms. The van der Waals surface area contributed by atoms with Crippen molar-refractivity contribution in [3.8, 4) is 0 Å².